The van der Waals surface area contributed by atoms with Crippen LogP contribution in [0.4, 0.5) is 5.82 Å². The second-order valence-corrected chi connectivity index (χ2v) is 6.19. The zero-order valence-electron chi connectivity index (χ0n) is 10.2. The maximum Gasteiger partial charge on any atom is 0.128 e. The SMILES string of the molecule is Cc1nc(N2CCC3(CCNC3)C2)ccc1Br. The number of rotatable bonds is 1. The second-order valence-electron chi connectivity index (χ2n) is 5.34. The smallest absolute Gasteiger partial charge is 0.128 e. The molecule has 2 saturated heterocycles. The number of hydrogen-bond donors (Lipinski definition) is 1. The first-order chi connectivity index (χ1) is 8.19. The first kappa shape index (κ1) is 11.5. The molecule has 0 aromatic carbocycles. The molecule has 1 aromatic heterocycles. The summed E-state index contributed by atoms with van der Waals surface area (Å²) in [5.41, 5.74) is 1.59. The Labute approximate surface area is 111 Å². The normalized spacial score (nSPS) is 28.2. The van der Waals surface area contributed by atoms with Crippen LogP contribution < -0.4 is 10.2 Å². The van der Waals surface area contributed by atoms with E-state index in [0.717, 1.165) is 29.1 Å². The summed E-state index contributed by atoms with van der Waals surface area (Å²) in [7, 11) is 0. The van der Waals surface area contributed by atoms with Crippen LogP contribution in [-0.2, 0) is 0 Å². The highest BCUT2D eigenvalue weighted by atomic mass is 79.9. The maximum absolute atomic E-state index is 4.67. The summed E-state index contributed by atoms with van der Waals surface area (Å²) in [5, 5.41) is 3.49. The summed E-state index contributed by atoms with van der Waals surface area (Å²) < 4.78 is 1.10. The van der Waals surface area contributed by atoms with Crippen molar-refractivity contribution >= 4 is 21.7 Å². The van der Waals surface area contributed by atoms with Crippen molar-refractivity contribution in [3.63, 3.8) is 0 Å². The Hall–Kier alpha value is -0.610. The summed E-state index contributed by atoms with van der Waals surface area (Å²) in [6.07, 6.45) is 2.62. The van der Waals surface area contributed by atoms with E-state index in [1.165, 1.54) is 25.9 Å². The predicted octanol–water partition coefficient (Wildman–Crippen LogP) is 2.34. The predicted molar refractivity (Wildman–Crippen MR) is 73.4 cm³/mol. The fraction of sp³-hybridized carbons (Fsp3) is 0.615. The zero-order chi connectivity index (χ0) is 11.9. The topological polar surface area (TPSA) is 28.2 Å². The molecule has 2 aliphatic rings. The summed E-state index contributed by atoms with van der Waals surface area (Å²) >= 11 is 3.51. The summed E-state index contributed by atoms with van der Waals surface area (Å²) in [6, 6.07) is 4.23. The van der Waals surface area contributed by atoms with E-state index in [4.69, 9.17) is 0 Å². The van der Waals surface area contributed by atoms with E-state index in [0.29, 0.717) is 5.41 Å². The van der Waals surface area contributed by atoms with Crippen LogP contribution in [-0.4, -0.2) is 31.2 Å². The first-order valence-electron chi connectivity index (χ1n) is 6.27. The lowest BCUT2D eigenvalue weighted by Crippen LogP contribution is -2.29. The van der Waals surface area contributed by atoms with E-state index < -0.39 is 0 Å². The fourth-order valence-corrected chi connectivity index (χ4v) is 3.20. The van der Waals surface area contributed by atoms with Crippen molar-refractivity contribution in [2.45, 2.75) is 19.8 Å². The molecule has 3 heterocycles. The molecule has 1 atom stereocenters. The fourth-order valence-electron chi connectivity index (χ4n) is 2.98. The minimum Gasteiger partial charge on any atom is -0.356 e. The quantitative estimate of drug-likeness (QED) is 0.862. The van der Waals surface area contributed by atoms with Crippen LogP contribution in [0.2, 0.25) is 0 Å². The Bertz CT molecular complexity index is 427. The molecule has 0 aliphatic carbocycles. The van der Waals surface area contributed by atoms with Gasteiger partial charge >= 0.3 is 0 Å². The molecule has 0 amide bonds. The van der Waals surface area contributed by atoms with Crippen molar-refractivity contribution in [2.24, 2.45) is 5.41 Å². The van der Waals surface area contributed by atoms with Crippen LogP contribution in [0.5, 0.6) is 0 Å². The average molecular weight is 296 g/mol. The lowest BCUT2D eigenvalue weighted by molar-refractivity contribution is 0.369. The van der Waals surface area contributed by atoms with E-state index in [-0.39, 0.29) is 0 Å². The average Bonchev–Trinajstić information content (AvgIpc) is 2.94. The number of pyridine rings is 1. The Morgan fingerprint density at radius 3 is 3.00 bits per heavy atom. The van der Waals surface area contributed by atoms with Crippen LogP contribution in [0.1, 0.15) is 18.5 Å². The van der Waals surface area contributed by atoms with Crippen LogP contribution in [0.25, 0.3) is 0 Å². The summed E-state index contributed by atoms with van der Waals surface area (Å²) in [5.74, 6) is 1.13. The molecular formula is C13H18BrN3. The van der Waals surface area contributed by atoms with Gasteiger partial charge in [-0.3, -0.25) is 0 Å². The third kappa shape index (κ3) is 2.08. The lowest BCUT2D eigenvalue weighted by atomic mass is 9.87. The Balaban J connectivity index is 1.79. The Morgan fingerprint density at radius 2 is 2.29 bits per heavy atom. The van der Waals surface area contributed by atoms with Gasteiger partial charge in [-0.15, -0.1) is 0 Å². The van der Waals surface area contributed by atoms with Crippen molar-refractivity contribution in [1.82, 2.24) is 10.3 Å². The molecule has 4 heteroatoms. The van der Waals surface area contributed by atoms with Crippen molar-refractivity contribution in [2.75, 3.05) is 31.1 Å². The minimum atomic E-state index is 0.517. The van der Waals surface area contributed by atoms with Gasteiger partial charge in [-0.1, -0.05) is 0 Å². The van der Waals surface area contributed by atoms with Crippen LogP contribution in [0.3, 0.4) is 0 Å². The van der Waals surface area contributed by atoms with E-state index in [1.807, 2.05) is 0 Å². The molecule has 2 fully saturated rings. The van der Waals surface area contributed by atoms with Crippen molar-refractivity contribution in [3.8, 4) is 0 Å². The highest BCUT2D eigenvalue weighted by Gasteiger charge is 2.40. The molecule has 1 aromatic rings. The van der Waals surface area contributed by atoms with Crippen molar-refractivity contribution in [1.29, 1.82) is 0 Å². The maximum atomic E-state index is 4.67. The van der Waals surface area contributed by atoms with Gasteiger partial charge in [0.15, 0.2) is 0 Å². The molecule has 0 saturated carbocycles. The lowest BCUT2D eigenvalue weighted by Gasteiger charge is -2.23. The number of aryl methyl sites for hydroxylation is 1. The summed E-state index contributed by atoms with van der Waals surface area (Å²) in [4.78, 5) is 7.10. The Morgan fingerprint density at radius 1 is 1.41 bits per heavy atom. The highest BCUT2D eigenvalue weighted by Crippen LogP contribution is 2.37. The van der Waals surface area contributed by atoms with Gasteiger partial charge < -0.3 is 10.2 Å². The van der Waals surface area contributed by atoms with Gasteiger partial charge in [0.1, 0.15) is 5.82 Å². The highest BCUT2D eigenvalue weighted by molar-refractivity contribution is 9.10. The van der Waals surface area contributed by atoms with E-state index in [9.17, 15) is 0 Å². The third-order valence-corrected chi connectivity index (χ3v) is 4.94. The number of nitrogens with zero attached hydrogens (tertiary/aromatic N) is 2. The number of aromatic nitrogens is 1. The molecule has 0 bridgehead atoms. The van der Waals surface area contributed by atoms with Gasteiger partial charge in [0, 0.05) is 29.5 Å². The van der Waals surface area contributed by atoms with Crippen LogP contribution in [0, 0.1) is 12.3 Å². The number of nitrogens with one attached hydrogen (secondary N) is 1. The number of hydrogen-bond acceptors (Lipinski definition) is 3. The largest absolute Gasteiger partial charge is 0.356 e. The summed E-state index contributed by atoms with van der Waals surface area (Å²) in [6.45, 7) is 6.72. The molecule has 0 radical (unpaired) electrons. The van der Waals surface area contributed by atoms with Crippen molar-refractivity contribution in [3.05, 3.63) is 22.3 Å². The molecule has 1 N–H and O–H groups in total. The van der Waals surface area contributed by atoms with Crippen LogP contribution in [0.15, 0.2) is 16.6 Å². The molecule has 3 nitrogen and oxygen atoms in total. The van der Waals surface area contributed by atoms with E-state index >= 15 is 0 Å². The molecule has 92 valence electrons. The van der Waals surface area contributed by atoms with Gasteiger partial charge in [-0.25, -0.2) is 4.98 Å². The Kier molecular flexibility index (Phi) is 2.87. The zero-order valence-corrected chi connectivity index (χ0v) is 11.8. The number of anilines is 1. The molecule has 17 heavy (non-hydrogen) atoms. The molecule has 1 unspecified atom stereocenters. The van der Waals surface area contributed by atoms with E-state index in [2.05, 4.69) is 50.2 Å². The molecule has 3 rings (SSSR count). The molecular weight excluding hydrogens is 278 g/mol. The van der Waals surface area contributed by atoms with E-state index in [1.54, 1.807) is 0 Å². The monoisotopic (exact) mass is 295 g/mol. The first-order valence-corrected chi connectivity index (χ1v) is 7.07. The van der Waals surface area contributed by atoms with Gasteiger partial charge in [0.2, 0.25) is 0 Å². The standard InChI is InChI=1S/C13H18BrN3/c1-10-11(14)2-3-12(16-10)17-7-5-13(9-17)4-6-15-8-13/h2-3,15H,4-9H2,1H3. The third-order valence-electron chi connectivity index (χ3n) is 4.10. The number of halogens is 1. The van der Waals surface area contributed by atoms with Crippen molar-refractivity contribution < 1.29 is 0 Å². The molecule has 2 aliphatic heterocycles. The van der Waals surface area contributed by atoms with Gasteiger partial charge in [0.05, 0.1) is 5.69 Å². The van der Waals surface area contributed by atoms with Gasteiger partial charge in [-0.05, 0) is 54.4 Å². The van der Waals surface area contributed by atoms with Crippen LogP contribution >= 0.6 is 15.9 Å². The molecule has 1 spiro atoms. The van der Waals surface area contributed by atoms with Gasteiger partial charge in [-0.2, -0.15) is 0 Å². The minimum absolute atomic E-state index is 0.517. The van der Waals surface area contributed by atoms with Gasteiger partial charge in [0.25, 0.3) is 0 Å². The second kappa shape index (κ2) is 4.25.